The second-order valence-electron chi connectivity index (χ2n) is 8.25. The maximum Gasteiger partial charge on any atom is 0.312 e. The first kappa shape index (κ1) is 17.3. The van der Waals surface area contributed by atoms with Crippen molar-refractivity contribution in [2.45, 2.75) is 78.2 Å². The molecule has 126 valence electrons. The van der Waals surface area contributed by atoms with Crippen LogP contribution in [-0.4, -0.2) is 22.6 Å². The van der Waals surface area contributed by atoms with Crippen LogP contribution in [0.2, 0.25) is 0 Å². The van der Waals surface area contributed by atoms with Crippen molar-refractivity contribution in [1.29, 1.82) is 0 Å². The van der Waals surface area contributed by atoms with Gasteiger partial charge in [-0.15, -0.1) is 0 Å². The molecule has 0 unspecified atom stereocenters. The lowest BCUT2D eigenvalue weighted by Crippen LogP contribution is -2.53. The van der Waals surface area contributed by atoms with Gasteiger partial charge in [0.25, 0.3) is 5.97 Å². The summed E-state index contributed by atoms with van der Waals surface area (Å²) in [6.07, 6.45) is 8.48. The van der Waals surface area contributed by atoms with Gasteiger partial charge in [0, 0.05) is 6.92 Å². The SMILES string of the molecule is CC(=O)O.CCC(C)(C)C(=O)OC12CC3CC(CC(C3)C1)C2. The fourth-order valence-electron chi connectivity index (χ4n) is 4.64. The summed E-state index contributed by atoms with van der Waals surface area (Å²) in [5.74, 6) is 1.73. The molecule has 4 bridgehead atoms. The first-order valence-corrected chi connectivity index (χ1v) is 8.59. The number of carboxylic acids is 1. The van der Waals surface area contributed by atoms with Crippen LogP contribution in [0.5, 0.6) is 0 Å². The highest BCUT2D eigenvalue weighted by Crippen LogP contribution is 2.57. The number of carbonyl (C=O) groups is 2. The third-order valence-corrected chi connectivity index (χ3v) is 5.73. The minimum Gasteiger partial charge on any atom is -0.481 e. The van der Waals surface area contributed by atoms with Crippen LogP contribution >= 0.6 is 0 Å². The van der Waals surface area contributed by atoms with Crippen LogP contribution in [0.3, 0.4) is 0 Å². The highest BCUT2D eigenvalue weighted by Gasteiger charge is 2.53. The van der Waals surface area contributed by atoms with E-state index in [4.69, 9.17) is 14.6 Å². The van der Waals surface area contributed by atoms with E-state index in [-0.39, 0.29) is 17.0 Å². The van der Waals surface area contributed by atoms with Crippen LogP contribution < -0.4 is 0 Å². The zero-order valence-corrected chi connectivity index (χ0v) is 14.4. The van der Waals surface area contributed by atoms with Crippen molar-refractivity contribution in [3.63, 3.8) is 0 Å². The Morgan fingerprint density at radius 3 is 1.77 bits per heavy atom. The molecule has 4 aliphatic rings. The van der Waals surface area contributed by atoms with Crippen molar-refractivity contribution in [3.05, 3.63) is 0 Å². The molecule has 0 amide bonds. The summed E-state index contributed by atoms with van der Waals surface area (Å²) in [7, 11) is 0. The van der Waals surface area contributed by atoms with Crippen molar-refractivity contribution < 1.29 is 19.4 Å². The quantitative estimate of drug-likeness (QED) is 0.799. The molecule has 4 nitrogen and oxygen atoms in total. The monoisotopic (exact) mass is 310 g/mol. The van der Waals surface area contributed by atoms with E-state index in [0.29, 0.717) is 0 Å². The van der Waals surface area contributed by atoms with E-state index < -0.39 is 5.97 Å². The Morgan fingerprint density at radius 1 is 1.09 bits per heavy atom. The van der Waals surface area contributed by atoms with Crippen LogP contribution in [0.4, 0.5) is 0 Å². The van der Waals surface area contributed by atoms with Gasteiger partial charge in [0.1, 0.15) is 5.60 Å². The standard InChI is InChI=1S/C16H26O2.C2H4O2/c1-4-15(2,3)14(17)18-16-8-11-5-12(9-16)7-13(6-11)10-16;1-2(3)4/h11-13H,4-10H2,1-3H3;1H3,(H,3,4). The van der Waals surface area contributed by atoms with Crippen LogP contribution in [-0.2, 0) is 14.3 Å². The summed E-state index contributed by atoms with van der Waals surface area (Å²) in [5.41, 5.74) is -0.387. The minimum absolute atomic E-state index is 0.0342. The van der Waals surface area contributed by atoms with Gasteiger partial charge in [-0.25, -0.2) is 0 Å². The van der Waals surface area contributed by atoms with Gasteiger partial charge < -0.3 is 9.84 Å². The second-order valence-corrected chi connectivity index (χ2v) is 8.25. The molecule has 0 aromatic carbocycles. The summed E-state index contributed by atoms with van der Waals surface area (Å²) >= 11 is 0. The number of ether oxygens (including phenoxy) is 1. The Balaban J connectivity index is 0.000000396. The number of carbonyl (C=O) groups excluding carboxylic acids is 1. The summed E-state index contributed by atoms with van der Waals surface area (Å²) in [4.78, 5) is 21.4. The first-order valence-electron chi connectivity index (χ1n) is 8.59. The third-order valence-electron chi connectivity index (χ3n) is 5.73. The lowest BCUT2D eigenvalue weighted by molar-refractivity contribution is -0.196. The summed E-state index contributed by atoms with van der Waals surface area (Å²) in [6, 6.07) is 0. The van der Waals surface area contributed by atoms with Gasteiger partial charge in [0.15, 0.2) is 0 Å². The molecule has 4 aliphatic carbocycles. The summed E-state index contributed by atoms with van der Waals surface area (Å²) in [5, 5.41) is 7.42. The average Bonchev–Trinajstić information content (AvgIpc) is 2.35. The fraction of sp³-hybridized carbons (Fsp3) is 0.889. The zero-order chi connectivity index (χ0) is 16.5. The molecular weight excluding hydrogens is 280 g/mol. The van der Waals surface area contributed by atoms with Gasteiger partial charge in [-0.1, -0.05) is 6.92 Å². The molecule has 0 atom stereocenters. The maximum absolute atomic E-state index is 12.4. The van der Waals surface area contributed by atoms with Gasteiger partial charge in [-0.3, -0.25) is 9.59 Å². The van der Waals surface area contributed by atoms with Crippen molar-refractivity contribution in [1.82, 2.24) is 0 Å². The molecule has 0 spiro atoms. The van der Waals surface area contributed by atoms with E-state index in [0.717, 1.165) is 50.4 Å². The molecule has 0 aliphatic heterocycles. The first-order chi connectivity index (χ1) is 10.2. The lowest BCUT2D eigenvalue weighted by Gasteiger charge is -2.56. The van der Waals surface area contributed by atoms with Crippen LogP contribution in [0.1, 0.15) is 72.6 Å². The van der Waals surface area contributed by atoms with E-state index in [1.165, 1.54) is 19.3 Å². The number of hydrogen-bond donors (Lipinski definition) is 1. The second kappa shape index (κ2) is 6.21. The highest BCUT2D eigenvalue weighted by atomic mass is 16.6. The average molecular weight is 310 g/mol. The van der Waals surface area contributed by atoms with Crippen LogP contribution in [0.15, 0.2) is 0 Å². The van der Waals surface area contributed by atoms with Crippen LogP contribution in [0, 0.1) is 23.2 Å². The van der Waals surface area contributed by atoms with Gasteiger partial charge in [0.05, 0.1) is 5.41 Å². The Bertz CT molecular complexity index is 399. The molecule has 1 N–H and O–H groups in total. The van der Waals surface area contributed by atoms with Gasteiger partial charge in [-0.2, -0.15) is 0 Å². The topological polar surface area (TPSA) is 63.6 Å². The zero-order valence-electron chi connectivity index (χ0n) is 14.4. The number of rotatable bonds is 3. The third kappa shape index (κ3) is 3.82. The minimum atomic E-state index is -0.833. The molecular formula is C18H30O4. The predicted octanol–water partition coefficient (Wildman–Crippen LogP) is 4.03. The van der Waals surface area contributed by atoms with Crippen molar-refractivity contribution in [3.8, 4) is 0 Å². The lowest BCUT2D eigenvalue weighted by atomic mass is 9.54. The van der Waals surface area contributed by atoms with Crippen molar-refractivity contribution in [2.75, 3.05) is 0 Å². The molecule has 0 saturated heterocycles. The Labute approximate surface area is 133 Å². The Hall–Kier alpha value is -1.06. The fourth-order valence-corrected chi connectivity index (χ4v) is 4.64. The Kier molecular flexibility index (Phi) is 4.88. The van der Waals surface area contributed by atoms with E-state index in [1.54, 1.807) is 0 Å². The van der Waals surface area contributed by atoms with E-state index in [2.05, 4.69) is 6.92 Å². The van der Waals surface area contributed by atoms with Gasteiger partial charge >= 0.3 is 5.97 Å². The number of aliphatic carboxylic acids is 1. The Morgan fingerprint density at radius 2 is 1.45 bits per heavy atom. The summed E-state index contributed by atoms with van der Waals surface area (Å²) in [6.45, 7) is 7.17. The molecule has 4 fully saturated rings. The van der Waals surface area contributed by atoms with Crippen molar-refractivity contribution in [2.24, 2.45) is 23.2 Å². The molecule has 4 rings (SSSR count). The van der Waals surface area contributed by atoms with Crippen LogP contribution in [0.25, 0.3) is 0 Å². The molecule has 4 saturated carbocycles. The number of carboxylic acid groups (broad SMARTS) is 1. The van der Waals surface area contributed by atoms with E-state index >= 15 is 0 Å². The molecule has 0 aromatic heterocycles. The number of hydrogen-bond acceptors (Lipinski definition) is 3. The van der Waals surface area contributed by atoms with E-state index in [1.807, 2.05) is 13.8 Å². The maximum atomic E-state index is 12.4. The summed E-state index contributed by atoms with van der Waals surface area (Å²) < 4.78 is 6.07. The number of esters is 1. The highest BCUT2D eigenvalue weighted by molar-refractivity contribution is 5.76. The van der Waals surface area contributed by atoms with Crippen molar-refractivity contribution >= 4 is 11.9 Å². The molecule has 0 radical (unpaired) electrons. The molecule has 0 heterocycles. The predicted molar refractivity (Wildman–Crippen MR) is 84.4 cm³/mol. The molecule has 22 heavy (non-hydrogen) atoms. The van der Waals surface area contributed by atoms with Gasteiger partial charge in [-0.05, 0) is 76.5 Å². The smallest absolute Gasteiger partial charge is 0.312 e. The van der Waals surface area contributed by atoms with Gasteiger partial charge in [0.2, 0.25) is 0 Å². The largest absolute Gasteiger partial charge is 0.481 e. The molecule has 4 heteroatoms. The normalized spacial score (nSPS) is 35.5. The molecule has 0 aromatic rings. The van der Waals surface area contributed by atoms with E-state index in [9.17, 15) is 4.79 Å².